The molecule has 2 amide bonds. The minimum absolute atomic E-state index is 0.123. The molecule has 36 heavy (non-hydrogen) atoms. The monoisotopic (exact) mass is 479 g/mol. The highest BCUT2D eigenvalue weighted by Gasteiger charge is 2.47. The first-order valence-electron chi connectivity index (χ1n) is 12.0. The number of pyridine rings is 1. The molecule has 7 nitrogen and oxygen atoms in total. The van der Waals surface area contributed by atoms with Crippen molar-refractivity contribution in [3.63, 3.8) is 0 Å². The van der Waals surface area contributed by atoms with Crippen molar-refractivity contribution in [3.05, 3.63) is 118 Å². The summed E-state index contributed by atoms with van der Waals surface area (Å²) in [6.45, 7) is 4.05. The largest absolute Gasteiger partial charge is 0.327 e. The van der Waals surface area contributed by atoms with Gasteiger partial charge < -0.3 is 0 Å². The number of carbonyl (C=O) groups excluding carboxylic acids is 2. The second kappa shape index (κ2) is 9.62. The van der Waals surface area contributed by atoms with Crippen molar-refractivity contribution in [1.29, 1.82) is 0 Å². The Balaban J connectivity index is 1.73. The lowest BCUT2D eigenvalue weighted by Crippen LogP contribution is -2.39. The molecule has 2 aromatic heterocycles. The van der Waals surface area contributed by atoms with E-state index in [1.165, 1.54) is 9.58 Å². The molecule has 0 unspecified atom stereocenters. The summed E-state index contributed by atoms with van der Waals surface area (Å²) in [5, 5.41) is 3.21. The number of benzene rings is 2. The normalized spacial score (nSPS) is 13.7. The third-order valence-corrected chi connectivity index (χ3v) is 6.26. The lowest BCUT2D eigenvalue weighted by Gasteiger charge is -2.13. The maximum absolute atomic E-state index is 13.9. The summed E-state index contributed by atoms with van der Waals surface area (Å²) in [4.78, 5) is 42.7. The molecule has 180 valence electrons. The van der Waals surface area contributed by atoms with Crippen LogP contribution >= 0.6 is 0 Å². The fourth-order valence-corrected chi connectivity index (χ4v) is 4.60. The van der Waals surface area contributed by atoms with E-state index in [1.54, 1.807) is 17.0 Å². The molecule has 0 radical (unpaired) electrons. The van der Waals surface area contributed by atoms with E-state index in [0.29, 0.717) is 17.8 Å². The molecule has 0 bridgehead atoms. The maximum atomic E-state index is 13.9. The van der Waals surface area contributed by atoms with Crippen LogP contribution in [0.15, 0.2) is 90.0 Å². The zero-order valence-corrected chi connectivity index (χ0v) is 20.3. The molecular formula is C29H27N4O3+. The Bertz CT molecular complexity index is 1530. The zero-order chi connectivity index (χ0) is 25.2. The minimum Gasteiger partial charge on any atom is -0.294 e. The van der Waals surface area contributed by atoms with Crippen LogP contribution in [0.4, 0.5) is 0 Å². The van der Waals surface area contributed by atoms with Crippen molar-refractivity contribution in [3.8, 4) is 5.69 Å². The summed E-state index contributed by atoms with van der Waals surface area (Å²) in [7, 11) is 0. The van der Waals surface area contributed by atoms with Crippen molar-refractivity contribution in [2.24, 2.45) is 0 Å². The molecule has 4 aromatic rings. The van der Waals surface area contributed by atoms with Gasteiger partial charge in [-0.3, -0.25) is 24.4 Å². The Labute approximate surface area is 208 Å². The third kappa shape index (κ3) is 4.09. The van der Waals surface area contributed by atoms with Crippen molar-refractivity contribution in [2.45, 2.75) is 33.2 Å². The quantitative estimate of drug-likeness (QED) is 0.325. The second-order valence-corrected chi connectivity index (χ2v) is 8.89. The molecule has 2 aromatic carbocycles. The molecule has 5 rings (SSSR count). The molecule has 0 fully saturated rings. The Kier molecular flexibility index (Phi) is 6.21. The molecule has 1 aliphatic rings. The van der Waals surface area contributed by atoms with Crippen molar-refractivity contribution >= 4 is 23.1 Å². The van der Waals surface area contributed by atoms with Crippen LogP contribution in [0.3, 0.4) is 0 Å². The van der Waals surface area contributed by atoms with Crippen LogP contribution < -0.4 is 10.1 Å². The van der Waals surface area contributed by atoms with Crippen LogP contribution in [0.2, 0.25) is 0 Å². The van der Waals surface area contributed by atoms with Gasteiger partial charge in [0.25, 0.3) is 17.2 Å². The standard InChI is InChI=1S/C29H26N4O3/c1-3-11-23-24(28(35)33(30-23)22-15-8-5-9-16-22)25-26(31-17-10-12-20(2)18-31)29(36)32(27(25)34)19-21-13-6-4-7-14-21/h4-10,12-18H,3,11,19H2,1-2H3/p+1. The lowest BCUT2D eigenvalue weighted by atomic mass is 10.0. The highest BCUT2D eigenvalue weighted by molar-refractivity contribution is 6.44. The number of nitrogens with zero attached hydrogens (tertiary/aromatic N) is 3. The van der Waals surface area contributed by atoms with E-state index < -0.39 is 11.8 Å². The Hall–Kier alpha value is -4.52. The van der Waals surface area contributed by atoms with Gasteiger partial charge in [-0.25, -0.2) is 4.68 Å². The average molecular weight is 480 g/mol. The van der Waals surface area contributed by atoms with E-state index in [1.807, 2.05) is 86.6 Å². The molecule has 0 spiro atoms. The van der Waals surface area contributed by atoms with Gasteiger partial charge in [-0.05, 0) is 37.1 Å². The van der Waals surface area contributed by atoms with Gasteiger partial charge in [0.2, 0.25) is 0 Å². The van der Waals surface area contributed by atoms with Gasteiger partial charge in [0.15, 0.2) is 12.4 Å². The SMILES string of the molecule is CCCc1[nH]n(-c2ccccc2)c(=O)c1C1=C([n+]2cccc(C)c2)C(=O)N(Cc2ccccc2)C1=O. The van der Waals surface area contributed by atoms with Gasteiger partial charge >= 0.3 is 5.91 Å². The van der Waals surface area contributed by atoms with Crippen molar-refractivity contribution in [1.82, 2.24) is 14.7 Å². The summed E-state index contributed by atoms with van der Waals surface area (Å²) in [6, 6.07) is 22.3. The smallest absolute Gasteiger partial charge is 0.294 e. The molecule has 0 saturated carbocycles. The summed E-state index contributed by atoms with van der Waals surface area (Å²) in [5.74, 6) is -0.898. The van der Waals surface area contributed by atoms with Crippen LogP contribution in [-0.2, 0) is 22.6 Å². The molecule has 1 aliphatic heterocycles. The number of aromatic nitrogens is 3. The molecule has 3 heterocycles. The number of aromatic amines is 1. The highest BCUT2D eigenvalue weighted by atomic mass is 16.2. The van der Waals surface area contributed by atoms with Crippen molar-refractivity contribution in [2.75, 3.05) is 0 Å². The molecular weight excluding hydrogens is 452 g/mol. The van der Waals surface area contributed by atoms with Gasteiger partial charge in [0.05, 0.1) is 17.8 Å². The minimum atomic E-state index is -0.471. The Morgan fingerprint density at radius 3 is 2.22 bits per heavy atom. The highest BCUT2D eigenvalue weighted by Crippen LogP contribution is 2.31. The number of hydrogen-bond donors (Lipinski definition) is 1. The summed E-state index contributed by atoms with van der Waals surface area (Å²) in [5.41, 5.74) is 3.27. The lowest BCUT2D eigenvalue weighted by molar-refractivity contribution is -0.577. The van der Waals surface area contributed by atoms with Gasteiger partial charge in [0.1, 0.15) is 5.57 Å². The fourth-order valence-electron chi connectivity index (χ4n) is 4.60. The number of carbonyl (C=O) groups is 2. The third-order valence-electron chi connectivity index (χ3n) is 6.26. The van der Waals surface area contributed by atoms with Gasteiger partial charge in [-0.2, -0.15) is 4.57 Å². The van der Waals surface area contributed by atoms with Gasteiger partial charge in [-0.15, -0.1) is 0 Å². The predicted molar refractivity (Wildman–Crippen MR) is 137 cm³/mol. The molecule has 1 N–H and O–H groups in total. The van der Waals surface area contributed by atoms with E-state index in [4.69, 9.17) is 0 Å². The number of imide groups is 1. The van der Waals surface area contributed by atoms with E-state index in [0.717, 1.165) is 17.5 Å². The molecule has 0 saturated heterocycles. The van der Waals surface area contributed by atoms with E-state index in [9.17, 15) is 14.4 Å². The topological polar surface area (TPSA) is 79.1 Å². The van der Waals surface area contributed by atoms with Gasteiger partial charge in [0, 0.05) is 17.3 Å². The second-order valence-electron chi connectivity index (χ2n) is 8.89. The number of rotatable bonds is 7. The van der Waals surface area contributed by atoms with Crippen LogP contribution in [0.25, 0.3) is 17.0 Å². The number of aryl methyl sites for hydroxylation is 2. The summed E-state index contributed by atoms with van der Waals surface area (Å²) < 4.78 is 3.11. The number of nitrogens with one attached hydrogen (secondary N) is 1. The fraction of sp³-hybridized carbons (Fsp3) is 0.172. The van der Waals surface area contributed by atoms with E-state index in [2.05, 4.69) is 5.10 Å². The predicted octanol–water partition coefficient (Wildman–Crippen LogP) is 3.65. The van der Waals surface area contributed by atoms with Crippen LogP contribution in [-0.4, -0.2) is 26.5 Å². The number of hydrogen-bond acceptors (Lipinski definition) is 3. The summed E-state index contributed by atoms with van der Waals surface area (Å²) >= 11 is 0. The Morgan fingerprint density at radius 1 is 0.861 bits per heavy atom. The number of amides is 2. The summed E-state index contributed by atoms with van der Waals surface area (Å²) in [6.07, 6.45) is 4.85. The van der Waals surface area contributed by atoms with E-state index >= 15 is 0 Å². The molecule has 7 heteroatoms. The first kappa shape index (κ1) is 23.2. The Morgan fingerprint density at radius 2 is 1.56 bits per heavy atom. The average Bonchev–Trinajstić information content (AvgIpc) is 3.33. The number of H-pyrrole nitrogens is 1. The van der Waals surface area contributed by atoms with Crippen LogP contribution in [0, 0.1) is 6.92 Å². The molecule has 0 atom stereocenters. The zero-order valence-electron chi connectivity index (χ0n) is 20.3. The van der Waals surface area contributed by atoms with Crippen LogP contribution in [0.1, 0.15) is 35.7 Å². The van der Waals surface area contributed by atoms with Gasteiger partial charge in [-0.1, -0.05) is 61.9 Å². The first-order chi connectivity index (χ1) is 17.5. The first-order valence-corrected chi connectivity index (χ1v) is 12.0. The maximum Gasteiger partial charge on any atom is 0.327 e. The van der Waals surface area contributed by atoms with Crippen molar-refractivity contribution < 1.29 is 14.2 Å². The number of para-hydroxylation sites is 1. The van der Waals surface area contributed by atoms with Crippen LogP contribution in [0.5, 0.6) is 0 Å². The van der Waals surface area contributed by atoms with E-state index in [-0.39, 0.29) is 28.9 Å². The molecule has 0 aliphatic carbocycles.